The Hall–Kier alpha value is -1.25. The SMILES string of the molecule is Cc1cc(NC(=O)CSCC(=O)N(C)CC(C)(C)CN)no1.Cl. The molecule has 0 unspecified atom stereocenters. The van der Waals surface area contributed by atoms with Crippen LogP contribution in [0.5, 0.6) is 0 Å². The van der Waals surface area contributed by atoms with E-state index in [1.54, 1.807) is 24.9 Å². The van der Waals surface area contributed by atoms with Gasteiger partial charge in [0, 0.05) is 19.7 Å². The lowest BCUT2D eigenvalue weighted by molar-refractivity contribution is -0.128. The van der Waals surface area contributed by atoms with Crippen LogP contribution in [0.15, 0.2) is 10.6 Å². The summed E-state index contributed by atoms with van der Waals surface area (Å²) in [6.45, 7) is 6.87. The molecule has 0 aromatic carbocycles. The second kappa shape index (κ2) is 9.79. The number of halogens is 1. The van der Waals surface area contributed by atoms with Crippen LogP contribution >= 0.6 is 24.2 Å². The Morgan fingerprint density at radius 1 is 1.43 bits per heavy atom. The van der Waals surface area contributed by atoms with Crippen LogP contribution in [0.2, 0.25) is 0 Å². The number of carbonyl (C=O) groups is 2. The van der Waals surface area contributed by atoms with Crippen molar-refractivity contribution >= 4 is 41.8 Å². The normalized spacial score (nSPS) is 10.8. The molecule has 0 spiro atoms. The van der Waals surface area contributed by atoms with Gasteiger partial charge in [0.2, 0.25) is 11.8 Å². The molecule has 1 aromatic rings. The molecule has 3 N–H and O–H groups in total. The number of nitrogens with one attached hydrogen (secondary N) is 1. The van der Waals surface area contributed by atoms with E-state index in [4.69, 9.17) is 10.3 Å². The summed E-state index contributed by atoms with van der Waals surface area (Å²) in [6.07, 6.45) is 0. The molecule has 1 rings (SSSR count). The van der Waals surface area contributed by atoms with E-state index in [1.807, 2.05) is 13.8 Å². The van der Waals surface area contributed by atoms with Crippen molar-refractivity contribution in [3.05, 3.63) is 11.8 Å². The third kappa shape index (κ3) is 8.24. The van der Waals surface area contributed by atoms with E-state index in [9.17, 15) is 9.59 Å². The fourth-order valence-corrected chi connectivity index (χ4v) is 2.49. The number of nitrogens with two attached hydrogens (primary N) is 1. The van der Waals surface area contributed by atoms with Gasteiger partial charge in [0.1, 0.15) is 5.76 Å². The Morgan fingerprint density at radius 2 is 2.09 bits per heavy atom. The molecule has 0 saturated heterocycles. The molecule has 0 fully saturated rings. The van der Waals surface area contributed by atoms with Gasteiger partial charge in [0.05, 0.1) is 11.5 Å². The second-order valence-electron chi connectivity index (χ2n) is 5.98. The van der Waals surface area contributed by atoms with Crippen molar-refractivity contribution in [3.63, 3.8) is 0 Å². The van der Waals surface area contributed by atoms with Crippen LogP contribution in [0.3, 0.4) is 0 Å². The van der Waals surface area contributed by atoms with E-state index < -0.39 is 0 Å². The summed E-state index contributed by atoms with van der Waals surface area (Å²) in [6, 6.07) is 1.64. The van der Waals surface area contributed by atoms with Gasteiger partial charge in [-0.15, -0.1) is 24.2 Å². The first-order valence-electron chi connectivity index (χ1n) is 6.98. The van der Waals surface area contributed by atoms with Gasteiger partial charge >= 0.3 is 0 Å². The fraction of sp³-hybridized carbons (Fsp3) is 0.643. The lowest BCUT2D eigenvalue weighted by atomic mass is 9.93. The second-order valence-corrected chi connectivity index (χ2v) is 6.97. The zero-order valence-corrected chi connectivity index (χ0v) is 15.6. The molecule has 2 amide bonds. The molecule has 0 aliphatic carbocycles. The molecule has 9 heteroatoms. The number of rotatable bonds is 8. The zero-order valence-electron chi connectivity index (χ0n) is 13.9. The Morgan fingerprint density at radius 3 is 2.61 bits per heavy atom. The highest BCUT2D eigenvalue weighted by Gasteiger charge is 2.21. The number of hydrogen-bond donors (Lipinski definition) is 2. The standard InChI is InChI=1S/C14H24N4O3S.ClH/c1-10-5-11(17-21-10)16-12(19)6-22-7-13(20)18(4)9-14(2,3)8-15;/h5H,6-9,15H2,1-4H3,(H,16,17,19);1H. The van der Waals surface area contributed by atoms with Crippen molar-refractivity contribution in [2.75, 3.05) is 37.0 Å². The van der Waals surface area contributed by atoms with Crippen LogP contribution in [-0.4, -0.2) is 53.5 Å². The third-order valence-electron chi connectivity index (χ3n) is 3.00. The minimum Gasteiger partial charge on any atom is -0.360 e. The van der Waals surface area contributed by atoms with Crippen molar-refractivity contribution in [3.8, 4) is 0 Å². The van der Waals surface area contributed by atoms with Crippen LogP contribution < -0.4 is 11.1 Å². The van der Waals surface area contributed by atoms with E-state index in [1.165, 1.54) is 11.8 Å². The van der Waals surface area contributed by atoms with Crippen molar-refractivity contribution < 1.29 is 14.1 Å². The summed E-state index contributed by atoms with van der Waals surface area (Å²) < 4.78 is 4.85. The summed E-state index contributed by atoms with van der Waals surface area (Å²) in [5.74, 6) is 1.22. The number of aryl methyl sites for hydroxylation is 1. The smallest absolute Gasteiger partial charge is 0.235 e. The van der Waals surface area contributed by atoms with E-state index in [0.717, 1.165) is 0 Å². The molecule has 1 aromatic heterocycles. The number of nitrogens with zero attached hydrogens (tertiary/aromatic N) is 2. The average molecular weight is 365 g/mol. The number of carbonyl (C=O) groups excluding carboxylic acids is 2. The summed E-state index contributed by atoms with van der Waals surface area (Å²) in [7, 11) is 1.75. The predicted octanol–water partition coefficient (Wildman–Crippen LogP) is 1.52. The predicted molar refractivity (Wildman–Crippen MR) is 94.9 cm³/mol. The molecule has 0 bridgehead atoms. The maximum atomic E-state index is 12.0. The van der Waals surface area contributed by atoms with Gasteiger partial charge in [0.25, 0.3) is 0 Å². The van der Waals surface area contributed by atoms with Gasteiger partial charge in [-0.2, -0.15) is 0 Å². The number of anilines is 1. The molecule has 0 saturated carbocycles. The maximum absolute atomic E-state index is 12.0. The van der Waals surface area contributed by atoms with E-state index in [0.29, 0.717) is 24.7 Å². The monoisotopic (exact) mass is 364 g/mol. The minimum absolute atomic E-state index is 0. The summed E-state index contributed by atoms with van der Waals surface area (Å²) >= 11 is 1.26. The Balaban J connectivity index is 0.00000484. The van der Waals surface area contributed by atoms with Gasteiger partial charge in [-0.3, -0.25) is 9.59 Å². The van der Waals surface area contributed by atoms with Crippen LogP contribution in [0, 0.1) is 12.3 Å². The molecule has 0 radical (unpaired) electrons. The molecule has 1 heterocycles. The van der Waals surface area contributed by atoms with Gasteiger partial charge in [-0.1, -0.05) is 19.0 Å². The van der Waals surface area contributed by atoms with Gasteiger partial charge in [-0.05, 0) is 18.9 Å². The van der Waals surface area contributed by atoms with E-state index in [-0.39, 0.29) is 41.1 Å². The largest absolute Gasteiger partial charge is 0.360 e. The van der Waals surface area contributed by atoms with Crippen molar-refractivity contribution in [2.45, 2.75) is 20.8 Å². The first kappa shape index (κ1) is 21.8. The topological polar surface area (TPSA) is 101 Å². The molecule has 0 aliphatic heterocycles. The maximum Gasteiger partial charge on any atom is 0.235 e. The van der Waals surface area contributed by atoms with Gasteiger partial charge < -0.3 is 20.5 Å². The van der Waals surface area contributed by atoms with Crippen molar-refractivity contribution in [1.29, 1.82) is 0 Å². The molecule has 7 nitrogen and oxygen atoms in total. The number of thioether (sulfide) groups is 1. The molecule has 0 atom stereocenters. The number of hydrogen-bond acceptors (Lipinski definition) is 6. The van der Waals surface area contributed by atoms with Crippen LogP contribution in [0.1, 0.15) is 19.6 Å². The molecule has 132 valence electrons. The lowest BCUT2D eigenvalue weighted by Gasteiger charge is -2.29. The van der Waals surface area contributed by atoms with E-state index in [2.05, 4.69) is 10.5 Å². The van der Waals surface area contributed by atoms with Gasteiger partial charge in [-0.25, -0.2) is 0 Å². The van der Waals surface area contributed by atoms with Crippen LogP contribution in [0.25, 0.3) is 0 Å². The third-order valence-corrected chi connectivity index (χ3v) is 3.92. The summed E-state index contributed by atoms with van der Waals surface area (Å²) in [4.78, 5) is 25.3. The quantitative estimate of drug-likeness (QED) is 0.725. The highest BCUT2D eigenvalue weighted by molar-refractivity contribution is 8.00. The highest BCUT2D eigenvalue weighted by Crippen LogP contribution is 2.15. The van der Waals surface area contributed by atoms with Crippen molar-refractivity contribution in [1.82, 2.24) is 10.1 Å². The molecular formula is C14H25ClN4O3S. The first-order valence-corrected chi connectivity index (χ1v) is 8.14. The Bertz CT molecular complexity index is 522. The minimum atomic E-state index is -0.212. The molecule has 23 heavy (non-hydrogen) atoms. The lowest BCUT2D eigenvalue weighted by Crippen LogP contribution is -2.40. The molecule has 0 aliphatic rings. The van der Waals surface area contributed by atoms with E-state index >= 15 is 0 Å². The molecular weight excluding hydrogens is 340 g/mol. The summed E-state index contributed by atoms with van der Waals surface area (Å²) in [5.41, 5.74) is 5.55. The Kier molecular flexibility index (Phi) is 9.26. The highest BCUT2D eigenvalue weighted by atomic mass is 35.5. The number of aromatic nitrogens is 1. The van der Waals surface area contributed by atoms with Gasteiger partial charge in [0.15, 0.2) is 5.82 Å². The fourth-order valence-electron chi connectivity index (χ4n) is 1.74. The van der Waals surface area contributed by atoms with Crippen molar-refractivity contribution in [2.24, 2.45) is 11.1 Å². The number of amides is 2. The van der Waals surface area contributed by atoms with Crippen LogP contribution in [-0.2, 0) is 9.59 Å². The average Bonchev–Trinajstić information content (AvgIpc) is 2.83. The Labute approximate surface area is 147 Å². The summed E-state index contributed by atoms with van der Waals surface area (Å²) in [5, 5.41) is 6.28. The van der Waals surface area contributed by atoms with Crippen LogP contribution in [0.4, 0.5) is 5.82 Å². The zero-order chi connectivity index (χ0) is 16.8. The first-order chi connectivity index (χ1) is 10.2.